The minimum Gasteiger partial charge on any atom is -0.384 e. The Kier molecular flexibility index (Phi) is 11.3. The lowest BCUT2D eigenvalue weighted by Gasteiger charge is -2.09. The fourth-order valence-corrected chi connectivity index (χ4v) is 1.92. The molecule has 7 nitrogen and oxygen atoms in total. The van der Waals surface area contributed by atoms with Crippen LogP contribution in [0.5, 0.6) is 0 Å². The first-order chi connectivity index (χ1) is 10.7. The molecule has 1 N–H and O–H groups in total. The maximum Gasteiger partial charge on any atom is 0.0726 e. The normalized spacial score (nSPS) is 12.7. The number of hydrogen-bond acceptors (Lipinski definition) is 7. The van der Waals surface area contributed by atoms with Crippen LogP contribution in [0.2, 0.25) is 0 Å². The Morgan fingerprint density at radius 2 is 2.00 bits per heavy atom. The highest BCUT2D eigenvalue weighted by molar-refractivity contribution is 7.80. The van der Waals surface area contributed by atoms with Gasteiger partial charge in [0.15, 0.2) is 0 Å². The Morgan fingerprint density at radius 1 is 1.23 bits per heavy atom. The molecule has 1 atom stereocenters. The van der Waals surface area contributed by atoms with Gasteiger partial charge in [0.25, 0.3) is 0 Å². The van der Waals surface area contributed by atoms with E-state index in [1.807, 2.05) is 4.68 Å². The van der Waals surface area contributed by atoms with Gasteiger partial charge in [-0.3, -0.25) is 0 Å². The molecule has 1 rings (SSSR count). The van der Waals surface area contributed by atoms with Crippen LogP contribution in [0, 0.1) is 0 Å². The monoisotopic (exact) mass is 332 g/mol. The summed E-state index contributed by atoms with van der Waals surface area (Å²) in [6, 6.07) is 0. The number of rotatable bonds is 14. The van der Waals surface area contributed by atoms with Gasteiger partial charge in [-0.1, -0.05) is 12.1 Å². The SMILES string of the molecule is COCCc1cnnn1CCOCCOCCNCC(C)S. The molecule has 1 unspecified atom stereocenters. The van der Waals surface area contributed by atoms with Crippen molar-refractivity contribution < 1.29 is 14.2 Å². The summed E-state index contributed by atoms with van der Waals surface area (Å²) in [6.07, 6.45) is 2.57. The summed E-state index contributed by atoms with van der Waals surface area (Å²) in [7, 11) is 1.69. The molecule has 1 aromatic heterocycles. The zero-order chi connectivity index (χ0) is 16.0. The third kappa shape index (κ3) is 9.37. The Labute approximate surface area is 138 Å². The van der Waals surface area contributed by atoms with Crippen molar-refractivity contribution in [2.45, 2.75) is 25.1 Å². The van der Waals surface area contributed by atoms with Crippen LogP contribution >= 0.6 is 12.6 Å². The molecule has 128 valence electrons. The van der Waals surface area contributed by atoms with Gasteiger partial charge in [0.05, 0.1) is 51.5 Å². The predicted molar refractivity (Wildman–Crippen MR) is 88.6 cm³/mol. The van der Waals surface area contributed by atoms with E-state index in [1.165, 1.54) is 0 Å². The second-order valence-corrected chi connectivity index (χ2v) is 5.85. The van der Waals surface area contributed by atoms with Gasteiger partial charge < -0.3 is 19.5 Å². The number of ether oxygens (including phenoxy) is 3. The molecule has 0 amide bonds. The van der Waals surface area contributed by atoms with Gasteiger partial charge in [0.1, 0.15) is 0 Å². The van der Waals surface area contributed by atoms with Crippen molar-refractivity contribution in [3.05, 3.63) is 11.9 Å². The maximum atomic E-state index is 5.53. The minimum atomic E-state index is 0.369. The number of aromatic nitrogens is 3. The lowest BCUT2D eigenvalue weighted by molar-refractivity contribution is 0.0446. The van der Waals surface area contributed by atoms with Crippen molar-refractivity contribution in [2.75, 3.05) is 53.2 Å². The number of hydrogen-bond donors (Lipinski definition) is 2. The molecule has 0 bridgehead atoms. The maximum absolute atomic E-state index is 5.53. The smallest absolute Gasteiger partial charge is 0.0726 e. The number of nitrogens with zero attached hydrogens (tertiary/aromatic N) is 3. The van der Waals surface area contributed by atoms with Crippen LogP contribution in [0.25, 0.3) is 0 Å². The summed E-state index contributed by atoms with van der Waals surface area (Å²) in [4.78, 5) is 0. The Hall–Kier alpha value is -0.670. The standard InChI is InChI=1S/C14H28N4O3S/c1-13(22)11-15-4-7-20-9-10-21-8-5-18-14(3-6-19-2)12-16-17-18/h12-13,15,22H,3-11H2,1-2H3. The topological polar surface area (TPSA) is 70.4 Å². The van der Waals surface area contributed by atoms with E-state index < -0.39 is 0 Å². The highest BCUT2D eigenvalue weighted by Crippen LogP contribution is 1.98. The first kappa shape index (κ1) is 19.4. The number of thiol groups is 1. The molecule has 0 saturated carbocycles. The molecular formula is C14H28N4O3S. The molecule has 0 aliphatic carbocycles. The lowest BCUT2D eigenvalue weighted by Crippen LogP contribution is -2.25. The Balaban J connectivity index is 1.94. The summed E-state index contributed by atoms with van der Waals surface area (Å²) in [5, 5.41) is 11.6. The molecule has 0 saturated heterocycles. The summed E-state index contributed by atoms with van der Waals surface area (Å²) in [6.45, 7) is 7.63. The number of methoxy groups -OCH3 is 1. The molecule has 0 radical (unpaired) electrons. The van der Waals surface area contributed by atoms with E-state index in [0.717, 1.165) is 25.2 Å². The van der Waals surface area contributed by atoms with E-state index >= 15 is 0 Å². The van der Waals surface area contributed by atoms with Crippen LogP contribution in [0.15, 0.2) is 6.20 Å². The Bertz CT molecular complexity index is 377. The second-order valence-electron chi connectivity index (χ2n) is 4.97. The van der Waals surface area contributed by atoms with Gasteiger partial charge in [0.2, 0.25) is 0 Å². The van der Waals surface area contributed by atoms with Gasteiger partial charge >= 0.3 is 0 Å². The summed E-state index contributed by atoms with van der Waals surface area (Å²) >= 11 is 4.29. The first-order valence-electron chi connectivity index (χ1n) is 7.64. The quantitative estimate of drug-likeness (QED) is 0.380. The molecule has 0 aliphatic heterocycles. The largest absolute Gasteiger partial charge is 0.384 e. The molecule has 1 aromatic rings. The van der Waals surface area contributed by atoms with Crippen molar-refractivity contribution in [3.63, 3.8) is 0 Å². The van der Waals surface area contributed by atoms with Crippen molar-refractivity contribution in [2.24, 2.45) is 0 Å². The van der Waals surface area contributed by atoms with Gasteiger partial charge in [-0.2, -0.15) is 12.6 Å². The zero-order valence-electron chi connectivity index (χ0n) is 13.5. The molecular weight excluding hydrogens is 304 g/mol. The van der Waals surface area contributed by atoms with Gasteiger partial charge in [-0.25, -0.2) is 4.68 Å². The summed E-state index contributed by atoms with van der Waals surface area (Å²) in [5.41, 5.74) is 1.06. The van der Waals surface area contributed by atoms with Crippen LogP contribution in [-0.2, 0) is 27.2 Å². The molecule has 1 heterocycles. The third-order valence-corrected chi connectivity index (χ3v) is 3.13. The summed E-state index contributed by atoms with van der Waals surface area (Å²) < 4.78 is 17.9. The highest BCUT2D eigenvalue weighted by atomic mass is 32.1. The summed E-state index contributed by atoms with van der Waals surface area (Å²) in [5.74, 6) is 0. The molecule has 8 heteroatoms. The van der Waals surface area contributed by atoms with Crippen LogP contribution in [-0.4, -0.2) is 73.5 Å². The van der Waals surface area contributed by atoms with Crippen molar-refractivity contribution in [1.29, 1.82) is 0 Å². The van der Waals surface area contributed by atoms with Gasteiger partial charge in [0, 0.05) is 31.9 Å². The van der Waals surface area contributed by atoms with E-state index in [0.29, 0.717) is 44.8 Å². The van der Waals surface area contributed by atoms with E-state index in [-0.39, 0.29) is 0 Å². The highest BCUT2D eigenvalue weighted by Gasteiger charge is 2.03. The average molecular weight is 332 g/mol. The van der Waals surface area contributed by atoms with Crippen molar-refractivity contribution in [1.82, 2.24) is 20.3 Å². The van der Waals surface area contributed by atoms with E-state index in [9.17, 15) is 0 Å². The zero-order valence-corrected chi connectivity index (χ0v) is 14.4. The van der Waals surface area contributed by atoms with Gasteiger partial charge in [-0.05, 0) is 0 Å². The average Bonchev–Trinajstić information content (AvgIpc) is 2.94. The van der Waals surface area contributed by atoms with Crippen LogP contribution in [0.1, 0.15) is 12.6 Å². The van der Waals surface area contributed by atoms with Crippen molar-refractivity contribution in [3.8, 4) is 0 Å². The molecule has 0 spiro atoms. The number of nitrogens with one attached hydrogen (secondary N) is 1. The first-order valence-corrected chi connectivity index (χ1v) is 8.16. The van der Waals surface area contributed by atoms with Gasteiger partial charge in [-0.15, -0.1) is 5.10 Å². The lowest BCUT2D eigenvalue weighted by atomic mass is 10.3. The molecule has 0 aromatic carbocycles. The third-order valence-electron chi connectivity index (χ3n) is 2.94. The minimum absolute atomic E-state index is 0.369. The van der Waals surface area contributed by atoms with E-state index in [4.69, 9.17) is 14.2 Å². The van der Waals surface area contributed by atoms with E-state index in [2.05, 4.69) is 35.2 Å². The van der Waals surface area contributed by atoms with E-state index in [1.54, 1.807) is 13.3 Å². The second kappa shape index (κ2) is 12.8. The fourth-order valence-electron chi connectivity index (χ4n) is 1.80. The Morgan fingerprint density at radius 3 is 2.73 bits per heavy atom. The molecule has 0 fully saturated rings. The van der Waals surface area contributed by atoms with Crippen LogP contribution in [0.4, 0.5) is 0 Å². The molecule has 0 aliphatic rings. The molecule has 22 heavy (non-hydrogen) atoms. The van der Waals surface area contributed by atoms with Crippen molar-refractivity contribution >= 4 is 12.6 Å². The van der Waals surface area contributed by atoms with Crippen LogP contribution < -0.4 is 5.32 Å². The van der Waals surface area contributed by atoms with Crippen LogP contribution in [0.3, 0.4) is 0 Å². The predicted octanol–water partition coefficient (Wildman–Crippen LogP) is 0.408. The fraction of sp³-hybridized carbons (Fsp3) is 0.857.